The van der Waals surface area contributed by atoms with Crippen molar-refractivity contribution in [3.8, 4) is 0 Å². The van der Waals surface area contributed by atoms with E-state index in [1.165, 1.54) is 18.4 Å². The average molecular weight is 309 g/mol. The summed E-state index contributed by atoms with van der Waals surface area (Å²) in [6.45, 7) is 4.57. The standard InChI is InChI=1S/C19H23N3O/c1-4-22(18-7-8-21-13(2)9-18)19(23)16-10-15(14-5-6-14)11-17(12-16)20-3/h7-12,14,20H,4-6H2,1-3H3. The number of aromatic nitrogens is 1. The Labute approximate surface area is 137 Å². The van der Waals surface area contributed by atoms with Gasteiger partial charge in [0, 0.05) is 42.4 Å². The molecule has 0 saturated heterocycles. The third-order valence-corrected chi connectivity index (χ3v) is 4.29. The Morgan fingerprint density at radius 2 is 2.09 bits per heavy atom. The van der Waals surface area contributed by atoms with Crippen molar-refractivity contribution in [3.63, 3.8) is 0 Å². The first-order valence-electron chi connectivity index (χ1n) is 8.19. The lowest BCUT2D eigenvalue weighted by molar-refractivity contribution is 0.0988. The van der Waals surface area contributed by atoms with E-state index in [-0.39, 0.29) is 5.91 Å². The Hall–Kier alpha value is -2.36. The molecule has 1 saturated carbocycles. The van der Waals surface area contributed by atoms with Crippen molar-refractivity contribution in [2.75, 3.05) is 23.8 Å². The monoisotopic (exact) mass is 309 g/mol. The predicted molar refractivity (Wildman–Crippen MR) is 94.3 cm³/mol. The molecule has 23 heavy (non-hydrogen) atoms. The molecule has 1 amide bonds. The second-order valence-corrected chi connectivity index (χ2v) is 6.07. The van der Waals surface area contributed by atoms with Gasteiger partial charge in [-0.05, 0) is 68.5 Å². The highest BCUT2D eigenvalue weighted by Crippen LogP contribution is 2.41. The number of aryl methyl sites for hydroxylation is 1. The Kier molecular flexibility index (Phi) is 4.33. The molecule has 120 valence electrons. The number of nitrogens with zero attached hydrogens (tertiary/aromatic N) is 2. The molecule has 0 unspecified atom stereocenters. The summed E-state index contributed by atoms with van der Waals surface area (Å²) in [7, 11) is 1.89. The van der Waals surface area contributed by atoms with Crippen molar-refractivity contribution in [3.05, 3.63) is 53.3 Å². The van der Waals surface area contributed by atoms with Gasteiger partial charge in [0.05, 0.1) is 0 Å². The maximum Gasteiger partial charge on any atom is 0.258 e. The van der Waals surface area contributed by atoms with Crippen LogP contribution in [0.2, 0.25) is 0 Å². The van der Waals surface area contributed by atoms with Crippen LogP contribution in [0.3, 0.4) is 0 Å². The van der Waals surface area contributed by atoms with Crippen molar-refractivity contribution in [2.45, 2.75) is 32.6 Å². The van der Waals surface area contributed by atoms with E-state index < -0.39 is 0 Å². The van der Waals surface area contributed by atoms with Crippen LogP contribution in [-0.2, 0) is 0 Å². The number of carbonyl (C=O) groups excluding carboxylic acids is 1. The number of amides is 1. The molecule has 1 aromatic carbocycles. The van der Waals surface area contributed by atoms with E-state index in [1.54, 1.807) is 11.1 Å². The van der Waals surface area contributed by atoms with Crippen LogP contribution in [0.25, 0.3) is 0 Å². The minimum Gasteiger partial charge on any atom is -0.388 e. The fourth-order valence-corrected chi connectivity index (χ4v) is 2.87. The molecule has 3 rings (SSSR count). The van der Waals surface area contributed by atoms with Crippen LogP contribution >= 0.6 is 0 Å². The van der Waals surface area contributed by atoms with Crippen LogP contribution in [0.15, 0.2) is 36.5 Å². The van der Waals surface area contributed by atoms with Crippen LogP contribution in [0.1, 0.15) is 47.3 Å². The second kappa shape index (κ2) is 6.41. The summed E-state index contributed by atoms with van der Waals surface area (Å²) >= 11 is 0. The van der Waals surface area contributed by atoms with Crippen LogP contribution in [0, 0.1) is 6.92 Å². The average Bonchev–Trinajstić information content (AvgIpc) is 3.40. The van der Waals surface area contributed by atoms with Gasteiger partial charge in [-0.3, -0.25) is 9.78 Å². The molecule has 0 aliphatic heterocycles. The van der Waals surface area contributed by atoms with Gasteiger partial charge in [0.2, 0.25) is 0 Å². The van der Waals surface area contributed by atoms with Gasteiger partial charge in [0.15, 0.2) is 0 Å². The van der Waals surface area contributed by atoms with Gasteiger partial charge in [-0.2, -0.15) is 0 Å². The maximum absolute atomic E-state index is 13.0. The van der Waals surface area contributed by atoms with Gasteiger partial charge in [0.25, 0.3) is 5.91 Å². The maximum atomic E-state index is 13.0. The van der Waals surface area contributed by atoms with Crippen LogP contribution in [-0.4, -0.2) is 24.5 Å². The highest BCUT2D eigenvalue weighted by Gasteiger charge is 2.26. The number of benzene rings is 1. The molecule has 4 nitrogen and oxygen atoms in total. The Morgan fingerprint density at radius 1 is 1.30 bits per heavy atom. The quantitative estimate of drug-likeness (QED) is 0.908. The molecule has 1 fully saturated rings. The van der Waals surface area contributed by atoms with Gasteiger partial charge >= 0.3 is 0 Å². The van der Waals surface area contributed by atoms with Gasteiger partial charge in [-0.25, -0.2) is 0 Å². The predicted octanol–water partition coefficient (Wildman–Crippen LogP) is 3.98. The fourth-order valence-electron chi connectivity index (χ4n) is 2.87. The third kappa shape index (κ3) is 3.36. The number of carbonyl (C=O) groups is 1. The van der Waals surface area contributed by atoms with Gasteiger partial charge in [0.1, 0.15) is 0 Å². The number of pyridine rings is 1. The number of rotatable bonds is 5. The molecular weight excluding hydrogens is 286 g/mol. The summed E-state index contributed by atoms with van der Waals surface area (Å²) in [5, 5.41) is 3.17. The summed E-state index contributed by atoms with van der Waals surface area (Å²) in [5.74, 6) is 0.658. The van der Waals surface area contributed by atoms with E-state index in [4.69, 9.17) is 0 Å². The highest BCUT2D eigenvalue weighted by atomic mass is 16.2. The molecule has 1 heterocycles. The SMILES string of the molecule is CCN(C(=O)c1cc(NC)cc(C2CC2)c1)c1ccnc(C)c1. The van der Waals surface area contributed by atoms with Crippen molar-refractivity contribution in [1.29, 1.82) is 0 Å². The number of nitrogens with one attached hydrogen (secondary N) is 1. The van der Waals surface area contributed by atoms with Crippen LogP contribution in [0.4, 0.5) is 11.4 Å². The van der Waals surface area contributed by atoms with Crippen molar-refractivity contribution in [1.82, 2.24) is 4.98 Å². The molecular formula is C19H23N3O. The van der Waals surface area contributed by atoms with E-state index in [2.05, 4.69) is 22.4 Å². The van der Waals surface area contributed by atoms with Crippen molar-refractivity contribution >= 4 is 17.3 Å². The number of anilines is 2. The zero-order chi connectivity index (χ0) is 16.4. The summed E-state index contributed by atoms with van der Waals surface area (Å²) in [6.07, 6.45) is 4.20. The highest BCUT2D eigenvalue weighted by molar-refractivity contribution is 6.06. The Morgan fingerprint density at radius 3 is 2.70 bits per heavy atom. The largest absolute Gasteiger partial charge is 0.388 e. The summed E-state index contributed by atoms with van der Waals surface area (Å²) in [5.41, 5.74) is 4.82. The summed E-state index contributed by atoms with van der Waals surface area (Å²) in [4.78, 5) is 19.0. The lowest BCUT2D eigenvalue weighted by Gasteiger charge is -2.22. The molecule has 0 atom stereocenters. The van der Waals surface area contributed by atoms with Gasteiger partial charge in [-0.1, -0.05) is 0 Å². The van der Waals surface area contributed by atoms with E-state index in [0.29, 0.717) is 12.5 Å². The van der Waals surface area contributed by atoms with E-state index in [0.717, 1.165) is 22.6 Å². The minimum absolute atomic E-state index is 0.0390. The molecule has 0 bridgehead atoms. The Bertz CT molecular complexity index is 722. The topological polar surface area (TPSA) is 45.2 Å². The first-order chi connectivity index (χ1) is 11.1. The van der Waals surface area contributed by atoms with Crippen molar-refractivity contribution in [2.24, 2.45) is 0 Å². The summed E-state index contributed by atoms with van der Waals surface area (Å²) < 4.78 is 0. The molecule has 1 N–H and O–H groups in total. The first-order valence-corrected chi connectivity index (χ1v) is 8.19. The number of hydrogen-bond acceptors (Lipinski definition) is 3. The van der Waals surface area contributed by atoms with Crippen molar-refractivity contribution < 1.29 is 4.79 Å². The van der Waals surface area contributed by atoms with Crippen LogP contribution < -0.4 is 10.2 Å². The molecule has 2 aromatic rings. The van der Waals surface area contributed by atoms with Gasteiger partial charge in [-0.15, -0.1) is 0 Å². The lowest BCUT2D eigenvalue weighted by atomic mass is 10.0. The molecule has 0 radical (unpaired) electrons. The van der Waals surface area contributed by atoms with E-state index in [1.807, 2.05) is 39.1 Å². The second-order valence-electron chi connectivity index (χ2n) is 6.07. The molecule has 1 aliphatic carbocycles. The molecule has 0 spiro atoms. The van der Waals surface area contributed by atoms with E-state index >= 15 is 0 Å². The fraction of sp³-hybridized carbons (Fsp3) is 0.368. The summed E-state index contributed by atoms with van der Waals surface area (Å²) in [6, 6.07) is 9.98. The third-order valence-electron chi connectivity index (χ3n) is 4.29. The Balaban J connectivity index is 1.95. The molecule has 4 heteroatoms. The minimum atomic E-state index is 0.0390. The first kappa shape index (κ1) is 15.5. The van der Waals surface area contributed by atoms with Gasteiger partial charge < -0.3 is 10.2 Å². The number of hydrogen-bond donors (Lipinski definition) is 1. The zero-order valence-electron chi connectivity index (χ0n) is 14.0. The normalized spacial score (nSPS) is 13.7. The lowest BCUT2D eigenvalue weighted by Crippen LogP contribution is -2.30. The molecule has 1 aromatic heterocycles. The van der Waals surface area contributed by atoms with Crippen LogP contribution in [0.5, 0.6) is 0 Å². The smallest absolute Gasteiger partial charge is 0.258 e. The zero-order valence-corrected chi connectivity index (χ0v) is 14.0. The molecule has 1 aliphatic rings. The van der Waals surface area contributed by atoms with E-state index in [9.17, 15) is 4.79 Å².